The molecule has 0 aliphatic heterocycles. The molecular weight excluding hydrogens is 228 g/mol. The number of hydrogen-bond acceptors (Lipinski definition) is 3. The van der Waals surface area contributed by atoms with Gasteiger partial charge in [-0.1, -0.05) is 31.2 Å². The molecule has 2 aromatic rings. The lowest BCUT2D eigenvalue weighted by atomic mass is 10.1. The van der Waals surface area contributed by atoms with E-state index in [1.165, 1.54) is 11.6 Å². The molecule has 0 radical (unpaired) electrons. The second-order valence-electron chi connectivity index (χ2n) is 4.07. The quantitative estimate of drug-likeness (QED) is 0.898. The van der Waals surface area contributed by atoms with Crippen molar-refractivity contribution in [2.75, 3.05) is 0 Å². The maximum atomic E-state index is 10.9. The van der Waals surface area contributed by atoms with E-state index >= 15 is 0 Å². The van der Waals surface area contributed by atoms with Gasteiger partial charge in [0.15, 0.2) is 11.5 Å². The number of hydrogen-bond donors (Lipinski definition) is 1. The predicted molar refractivity (Wildman–Crippen MR) is 68.5 cm³/mol. The molecule has 0 atom stereocenters. The van der Waals surface area contributed by atoms with E-state index in [1.54, 1.807) is 6.92 Å². The van der Waals surface area contributed by atoms with Crippen molar-refractivity contribution in [1.29, 1.82) is 0 Å². The summed E-state index contributed by atoms with van der Waals surface area (Å²) in [5, 5.41) is 8.97. The third-order valence-electron chi connectivity index (χ3n) is 2.69. The summed E-state index contributed by atoms with van der Waals surface area (Å²) in [7, 11) is 0. The number of nitrogens with zero attached hydrogens (tertiary/aromatic N) is 2. The molecule has 0 aliphatic carbocycles. The zero-order valence-corrected chi connectivity index (χ0v) is 10.3. The van der Waals surface area contributed by atoms with Gasteiger partial charge in [0, 0.05) is 11.3 Å². The summed E-state index contributed by atoms with van der Waals surface area (Å²) in [6.07, 6.45) is 0.968. The molecule has 0 fully saturated rings. The van der Waals surface area contributed by atoms with Crippen LogP contribution in [-0.4, -0.2) is 21.0 Å². The molecule has 2 rings (SSSR count). The number of rotatable bonds is 3. The third-order valence-corrected chi connectivity index (χ3v) is 2.69. The fraction of sp³-hybridized carbons (Fsp3) is 0.214. The Morgan fingerprint density at radius 1 is 1.22 bits per heavy atom. The Labute approximate surface area is 105 Å². The number of aryl methyl sites for hydroxylation is 2. The number of aromatic carboxylic acids is 1. The van der Waals surface area contributed by atoms with E-state index in [-0.39, 0.29) is 5.69 Å². The van der Waals surface area contributed by atoms with Gasteiger partial charge in [0.2, 0.25) is 0 Å². The molecule has 4 heteroatoms. The molecule has 0 amide bonds. The van der Waals surface area contributed by atoms with Gasteiger partial charge in [0.05, 0.1) is 0 Å². The van der Waals surface area contributed by atoms with E-state index in [0.29, 0.717) is 11.5 Å². The summed E-state index contributed by atoms with van der Waals surface area (Å²) in [6, 6.07) is 9.30. The smallest absolute Gasteiger partial charge is 0.354 e. The van der Waals surface area contributed by atoms with Crippen molar-refractivity contribution in [2.45, 2.75) is 20.3 Å². The number of benzene rings is 1. The molecule has 0 bridgehead atoms. The average Bonchev–Trinajstić information content (AvgIpc) is 2.38. The van der Waals surface area contributed by atoms with Gasteiger partial charge in [0.1, 0.15) is 0 Å². The fourth-order valence-electron chi connectivity index (χ4n) is 1.70. The van der Waals surface area contributed by atoms with E-state index < -0.39 is 5.97 Å². The zero-order chi connectivity index (χ0) is 13.1. The highest BCUT2D eigenvalue weighted by Crippen LogP contribution is 2.17. The van der Waals surface area contributed by atoms with Crippen LogP contribution in [0.15, 0.2) is 30.3 Å². The van der Waals surface area contributed by atoms with Crippen molar-refractivity contribution in [3.05, 3.63) is 47.3 Å². The second kappa shape index (κ2) is 4.96. The van der Waals surface area contributed by atoms with Crippen molar-refractivity contribution in [3.63, 3.8) is 0 Å². The lowest BCUT2D eigenvalue weighted by molar-refractivity contribution is 0.0690. The van der Waals surface area contributed by atoms with Crippen molar-refractivity contribution in [2.24, 2.45) is 0 Å². The molecule has 1 aromatic carbocycles. The van der Waals surface area contributed by atoms with Gasteiger partial charge in [-0.2, -0.15) is 0 Å². The topological polar surface area (TPSA) is 63.1 Å². The molecule has 18 heavy (non-hydrogen) atoms. The Morgan fingerprint density at radius 2 is 1.89 bits per heavy atom. The molecule has 92 valence electrons. The van der Waals surface area contributed by atoms with E-state index in [0.717, 1.165) is 12.0 Å². The fourth-order valence-corrected chi connectivity index (χ4v) is 1.70. The first-order valence-electron chi connectivity index (χ1n) is 5.78. The van der Waals surface area contributed by atoms with Gasteiger partial charge in [-0.05, 0) is 25.0 Å². The third kappa shape index (κ3) is 2.53. The minimum absolute atomic E-state index is 0.0251. The summed E-state index contributed by atoms with van der Waals surface area (Å²) in [4.78, 5) is 19.3. The molecule has 0 saturated heterocycles. The van der Waals surface area contributed by atoms with Crippen LogP contribution in [0.1, 0.15) is 28.7 Å². The highest BCUT2D eigenvalue weighted by molar-refractivity contribution is 5.86. The van der Waals surface area contributed by atoms with Gasteiger partial charge in [-0.3, -0.25) is 0 Å². The standard InChI is InChI=1S/C14H14N2O2/c1-3-10-4-6-11(7-5-10)13-15-9(2)8-12(16-13)14(17)18/h4-8H,3H2,1-2H3,(H,17,18). The van der Waals surface area contributed by atoms with Crippen molar-refractivity contribution in [3.8, 4) is 11.4 Å². The molecule has 0 aliphatic rings. The minimum atomic E-state index is -1.04. The van der Waals surface area contributed by atoms with Crippen LogP contribution in [-0.2, 0) is 6.42 Å². The SMILES string of the molecule is CCc1ccc(-c2nc(C)cc(C(=O)O)n2)cc1. The molecular formula is C14H14N2O2. The Bertz CT molecular complexity index is 577. The Kier molecular flexibility index (Phi) is 3.37. The zero-order valence-electron chi connectivity index (χ0n) is 10.3. The van der Waals surface area contributed by atoms with Gasteiger partial charge >= 0.3 is 5.97 Å². The predicted octanol–water partition coefficient (Wildman–Crippen LogP) is 2.71. The normalized spacial score (nSPS) is 10.3. The molecule has 0 unspecified atom stereocenters. The van der Waals surface area contributed by atoms with Crippen LogP contribution in [0.4, 0.5) is 0 Å². The van der Waals surface area contributed by atoms with Crippen LogP contribution >= 0.6 is 0 Å². The first-order chi connectivity index (χ1) is 8.60. The highest BCUT2D eigenvalue weighted by Gasteiger charge is 2.09. The maximum Gasteiger partial charge on any atom is 0.354 e. The summed E-state index contributed by atoms with van der Waals surface area (Å²) in [6.45, 7) is 3.85. The summed E-state index contributed by atoms with van der Waals surface area (Å²) in [5.74, 6) is -0.581. The van der Waals surface area contributed by atoms with Crippen molar-refractivity contribution in [1.82, 2.24) is 9.97 Å². The van der Waals surface area contributed by atoms with Gasteiger partial charge in [0.25, 0.3) is 0 Å². The largest absolute Gasteiger partial charge is 0.477 e. The lowest BCUT2D eigenvalue weighted by Crippen LogP contribution is -2.04. The molecule has 1 heterocycles. The number of aromatic nitrogens is 2. The van der Waals surface area contributed by atoms with Crippen molar-refractivity contribution < 1.29 is 9.90 Å². The van der Waals surface area contributed by atoms with Gasteiger partial charge in [-0.15, -0.1) is 0 Å². The summed E-state index contributed by atoms with van der Waals surface area (Å²) < 4.78 is 0. The van der Waals surface area contributed by atoms with Crippen molar-refractivity contribution >= 4 is 5.97 Å². The number of carboxylic acids is 1. The van der Waals surface area contributed by atoms with E-state index in [2.05, 4.69) is 16.9 Å². The lowest BCUT2D eigenvalue weighted by Gasteiger charge is -2.04. The van der Waals surface area contributed by atoms with Gasteiger partial charge < -0.3 is 5.11 Å². The summed E-state index contributed by atoms with van der Waals surface area (Å²) >= 11 is 0. The van der Waals surface area contributed by atoms with E-state index in [9.17, 15) is 4.79 Å². The molecule has 0 spiro atoms. The van der Waals surface area contributed by atoms with Crippen LogP contribution < -0.4 is 0 Å². The van der Waals surface area contributed by atoms with E-state index in [4.69, 9.17) is 5.11 Å². The van der Waals surface area contributed by atoms with E-state index in [1.807, 2.05) is 24.3 Å². The Hall–Kier alpha value is -2.23. The minimum Gasteiger partial charge on any atom is -0.477 e. The number of carboxylic acid groups (broad SMARTS) is 1. The molecule has 4 nitrogen and oxygen atoms in total. The molecule has 1 N–H and O–H groups in total. The average molecular weight is 242 g/mol. The Morgan fingerprint density at radius 3 is 2.44 bits per heavy atom. The van der Waals surface area contributed by atoms with Crippen LogP contribution in [0.3, 0.4) is 0 Å². The maximum absolute atomic E-state index is 10.9. The van der Waals surface area contributed by atoms with Gasteiger partial charge in [-0.25, -0.2) is 14.8 Å². The van der Waals surface area contributed by atoms with Crippen LogP contribution in [0.2, 0.25) is 0 Å². The first-order valence-corrected chi connectivity index (χ1v) is 5.78. The Balaban J connectivity index is 2.46. The van der Waals surface area contributed by atoms with Crippen LogP contribution in [0.25, 0.3) is 11.4 Å². The molecule has 1 aromatic heterocycles. The number of carbonyl (C=O) groups is 1. The second-order valence-corrected chi connectivity index (χ2v) is 4.07. The first kappa shape index (κ1) is 12.2. The van der Waals surface area contributed by atoms with Crippen LogP contribution in [0.5, 0.6) is 0 Å². The highest BCUT2D eigenvalue weighted by atomic mass is 16.4. The summed E-state index contributed by atoms with van der Waals surface area (Å²) in [5.41, 5.74) is 2.73. The van der Waals surface area contributed by atoms with Crippen LogP contribution in [0, 0.1) is 6.92 Å². The monoisotopic (exact) mass is 242 g/mol. The molecule has 0 saturated carbocycles.